The minimum Gasteiger partial charge on any atom is -0.310 e. The normalized spacial score (nSPS) is 20.2. The minimum absolute atomic E-state index is 0.491. The Kier molecular flexibility index (Phi) is 5.22. The van der Waals surface area contributed by atoms with Gasteiger partial charge in [0.05, 0.1) is 0 Å². The molecule has 0 aliphatic carbocycles. The third kappa shape index (κ3) is 4.07. The van der Waals surface area contributed by atoms with E-state index in [1.165, 1.54) is 43.6 Å². The Balaban J connectivity index is 1.95. The Morgan fingerprint density at radius 1 is 1.30 bits per heavy atom. The van der Waals surface area contributed by atoms with Crippen molar-refractivity contribution in [3.8, 4) is 0 Å². The van der Waals surface area contributed by atoms with E-state index >= 15 is 0 Å². The molecule has 1 aromatic rings. The SMILES string of the molecule is CCNC(CCN1CCC(C)(C)C1)c1ccccc1C. The lowest BCUT2D eigenvalue weighted by Crippen LogP contribution is -2.29. The van der Waals surface area contributed by atoms with Crippen LogP contribution in [0.4, 0.5) is 0 Å². The maximum Gasteiger partial charge on any atom is 0.0334 e. The molecule has 1 aliphatic rings. The molecule has 2 heteroatoms. The quantitative estimate of drug-likeness (QED) is 0.849. The van der Waals surface area contributed by atoms with Gasteiger partial charge in [-0.1, -0.05) is 45.0 Å². The van der Waals surface area contributed by atoms with E-state index in [0.29, 0.717) is 11.5 Å². The van der Waals surface area contributed by atoms with Gasteiger partial charge in [-0.15, -0.1) is 0 Å². The fraction of sp³-hybridized carbons (Fsp3) is 0.667. The third-order valence-electron chi connectivity index (χ3n) is 4.50. The van der Waals surface area contributed by atoms with Crippen molar-refractivity contribution in [1.82, 2.24) is 10.2 Å². The van der Waals surface area contributed by atoms with Crippen LogP contribution in [-0.2, 0) is 0 Å². The zero-order valence-electron chi connectivity index (χ0n) is 13.6. The first kappa shape index (κ1) is 15.5. The maximum absolute atomic E-state index is 3.66. The summed E-state index contributed by atoms with van der Waals surface area (Å²) >= 11 is 0. The highest BCUT2D eigenvalue weighted by molar-refractivity contribution is 5.28. The molecule has 2 rings (SSSR count). The molecule has 1 heterocycles. The molecular formula is C18H30N2. The molecule has 0 saturated carbocycles. The smallest absolute Gasteiger partial charge is 0.0334 e. The van der Waals surface area contributed by atoms with Gasteiger partial charge in [-0.3, -0.25) is 0 Å². The van der Waals surface area contributed by atoms with Gasteiger partial charge in [0.25, 0.3) is 0 Å². The topological polar surface area (TPSA) is 15.3 Å². The van der Waals surface area contributed by atoms with E-state index in [1.807, 2.05) is 0 Å². The first-order chi connectivity index (χ1) is 9.52. The number of rotatable bonds is 6. The van der Waals surface area contributed by atoms with Crippen LogP contribution in [0.5, 0.6) is 0 Å². The maximum atomic E-state index is 3.66. The van der Waals surface area contributed by atoms with Gasteiger partial charge in [0.1, 0.15) is 0 Å². The van der Waals surface area contributed by atoms with E-state index < -0.39 is 0 Å². The fourth-order valence-corrected chi connectivity index (χ4v) is 3.32. The average Bonchev–Trinajstić information content (AvgIpc) is 2.75. The second-order valence-corrected chi connectivity index (χ2v) is 6.95. The Morgan fingerprint density at radius 3 is 2.65 bits per heavy atom. The summed E-state index contributed by atoms with van der Waals surface area (Å²) < 4.78 is 0. The summed E-state index contributed by atoms with van der Waals surface area (Å²) in [5, 5.41) is 3.66. The summed E-state index contributed by atoms with van der Waals surface area (Å²) in [5.74, 6) is 0. The number of aryl methyl sites for hydroxylation is 1. The predicted molar refractivity (Wildman–Crippen MR) is 87.1 cm³/mol. The zero-order valence-corrected chi connectivity index (χ0v) is 13.6. The van der Waals surface area contributed by atoms with Crippen molar-refractivity contribution in [2.75, 3.05) is 26.2 Å². The van der Waals surface area contributed by atoms with Gasteiger partial charge in [-0.05, 0) is 55.9 Å². The second kappa shape index (κ2) is 6.73. The summed E-state index contributed by atoms with van der Waals surface area (Å²) in [4.78, 5) is 2.63. The average molecular weight is 274 g/mol. The van der Waals surface area contributed by atoms with E-state index in [9.17, 15) is 0 Å². The highest BCUT2D eigenvalue weighted by atomic mass is 15.2. The molecule has 1 saturated heterocycles. The van der Waals surface area contributed by atoms with Gasteiger partial charge in [-0.25, -0.2) is 0 Å². The van der Waals surface area contributed by atoms with Crippen molar-refractivity contribution >= 4 is 0 Å². The van der Waals surface area contributed by atoms with Crippen molar-refractivity contribution in [1.29, 1.82) is 0 Å². The Morgan fingerprint density at radius 2 is 2.05 bits per heavy atom. The number of likely N-dealkylation sites (tertiary alicyclic amines) is 1. The van der Waals surface area contributed by atoms with Crippen LogP contribution >= 0.6 is 0 Å². The molecule has 1 fully saturated rings. The second-order valence-electron chi connectivity index (χ2n) is 6.95. The van der Waals surface area contributed by atoms with Gasteiger partial charge >= 0.3 is 0 Å². The van der Waals surface area contributed by atoms with Gasteiger partial charge < -0.3 is 10.2 Å². The van der Waals surface area contributed by atoms with Crippen LogP contribution in [0, 0.1) is 12.3 Å². The van der Waals surface area contributed by atoms with Crippen LogP contribution < -0.4 is 5.32 Å². The molecule has 2 nitrogen and oxygen atoms in total. The lowest BCUT2D eigenvalue weighted by molar-refractivity contribution is 0.274. The lowest BCUT2D eigenvalue weighted by Gasteiger charge is -2.24. The van der Waals surface area contributed by atoms with Crippen molar-refractivity contribution < 1.29 is 0 Å². The van der Waals surface area contributed by atoms with Gasteiger partial charge in [-0.2, -0.15) is 0 Å². The molecule has 1 aliphatic heterocycles. The summed E-state index contributed by atoms with van der Waals surface area (Å²) in [5.41, 5.74) is 3.38. The summed E-state index contributed by atoms with van der Waals surface area (Å²) in [7, 11) is 0. The van der Waals surface area contributed by atoms with Crippen LogP contribution in [0.3, 0.4) is 0 Å². The van der Waals surface area contributed by atoms with Crippen LogP contribution in [0.15, 0.2) is 24.3 Å². The molecule has 1 unspecified atom stereocenters. The van der Waals surface area contributed by atoms with E-state index in [-0.39, 0.29) is 0 Å². The first-order valence-electron chi connectivity index (χ1n) is 8.03. The van der Waals surface area contributed by atoms with Crippen molar-refractivity contribution in [2.45, 2.75) is 46.6 Å². The number of nitrogens with one attached hydrogen (secondary N) is 1. The molecule has 0 amide bonds. The van der Waals surface area contributed by atoms with E-state index in [2.05, 4.69) is 62.2 Å². The van der Waals surface area contributed by atoms with E-state index in [0.717, 1.165) is 6.54 Å². The minimum atomic E-state index is 0.491. The Hall–Kier alpha value is -0.860. The summed E-state index contributed by atoms with van der Waals surface area (Å²) in [6.45, 7) is 13.9. The lowest BCUT2D eigenvalue weighted by atomic mass is 9.93. The van der Waals surface area contributed by atoms with Gasteiger partial charge in [0, 0.05) is 12.6 Å². The molecule has 0 aromatic heterocycles. The van der Waals surface area contributed by atoms with Crippen molar-refractivity contribution in [2.24, 2.45) is 5.41 Å². The fourth-order valence-electron chi connectivity index (χ4n) is 3.32. The highest BCUT2D eigenvalue weighted by Gasteiger charge is 2.29. The number of hydrogen-bond acceptors (Lipinski definition) is 2. The molecule has 112 valence electrons. The molecule has 1 atom stereocenters. The Labute approximate surface area is 124 Å². The first-order valence-corrected chi connectivity index (χ1v) is 8.03. The molecule has 1 aromatic carbocycles. The molecule has 0 bridgehead atoms. The zero-order chi connectivity index (χ0) is 14.6. The predicted octanol–water partition coefficient (Wildman–Crippen LogP) is 3.77. The standard InChI is InChI=1S/C18H30N2/c1-5-19-17(16-9-7-6-8-15(16)2)10-12-20-13-11-18(3,4)14-20/h6-9,17,19H,5,10-14H2,1-4H3. The number of nitrogens with zero attached hydrogens (tertiary/aromatic N) is 1. The van der Waals surface area contributed by atoms with Crippen LogP contribution in [0.1, 0.15) is 50.8 Å². The van der Waals surface area contributed by atoms with Crippen LogP contribution in [-0.4, -0.2) is 31.1 Å². The third-order valence-corrected chi connectivity index (χ3v) is 4.50. The molecule has 0 spiro atoms. The largest absolute Gasteiger partial charge is 0.310 e. The molecule has 20 heavy (non-hydrogen) atoms. The van der Waals surface area contributed by atoms with Crippen LogP contribution in [0.25, 0.3) is 0 Å². The summed E-state index contributed by atoms with van der Waals surface area (Å²) in [6, 6.07) is 9.27. The molecule has 0 radical (unpaired) electrons. The molecular weight excluding hydrogens is 244 g/mol. The van der Waals surface area contributed by atoms with Gasteiger partial charge in [0.2, 0.25) is 0 Å². The molecule has 1 N–H and O–H groups in total. The van der Waals surface area contributed by atoms with Crippen molar-refractivity contribution in [3.63, 3.8) is 0 Å². The number of benzene rings is 1. The van der Waals surface area contributed by atoms with Gasteiger partial charge in [0.15, 0.2) is 0 Å². The van der Waals surface area contributed by atoms with Crippen molar-refractivity contribution in [3.05, 3.63) is 35.4 Å². The highest BCUT2D eigenvalue weighted by Crippen LogP contribution is 2.30. The Bertz CT molecular complexity index is 425. The number of hydrogen-bond donors (Lipinski definition) is 1. The van der Waals surface area contributed by atoms with Crippen LogP contribution in [0.2, 0.25) is 0 Å². The monoisotopic (exact) mass is 274 g/mol. The van der Waals surface area contributed by atoms with E-state index in [4.69, 9.17) is 0 Å². The summed E-state index contributed by atoms with van der Waals surface area (Å²) in [6.07, 6.45) is 2.54. The van der Waals surface area contributed by atoms with E-state index in [1.54, 1.807) is 0 Å².